The van der Waals surface area contributed by atoms with Crippen molar-refractivity contribution in [3.8, 4) is 0 Å². The molecule has 2 aliphatic rings. The molecule has 2 atom stereocenters. The van der Waals surface area contributed by atoms with Crippen molar-refractivity contribution in [1.29, 1.82) is 0 Å². The fourth-order valence-corrected chi connectivity index (χ4v) is 2.14. The van der Waals surface area contributed by atoms with E-state index in [9.17, 15) is 4.79 Å². The normalized spacial score (nSPS) is 46.1. The summed E-state index contributed by atoms with van der Waals surface area (Å²) in [6.45, 7) is 1.27. The van der Waals surface area contributed by atoms with Crippen LogP contribution in [0.3, 0.4) is 0 Å². The Morgan fingerprint density at radius 3 is 2.75 bits per heavy atom. The van der Waals surface area contributed by atoms with Crippen LogP contribution in [0.1, 0.15) is 19.3 Å². The first-order valence-electron chi connectivity index (χ1n) is 4.21. The predicted octanol–water partition coefficient (Wildman–Crippen LogP) is -0.0310. The Bertz CT molecular complexity index is 222. The number of rotatable bonds is 1. The van der Waals surface area contributed by atoms with E-state index in [-0.39, 0.29) is 5.41 Å². The lowest BCUT2D eigenvalue weighted by atomic mass is 9.93. The largest absolute Gasteiger partial charge is 0.480 e. The molecule has 4 nitrogen and oxygen atoms in total. The lowest BCUT2D eigenvalue weighted by Crippen LogP contribution is -2.42. The van der Waals surface area contributed by atoms with Gasteiger partial charge in [0, 0.05) is 12.0 Å². The van der Waals surface area contributed by atoms with Gasteiger partial charge in [-0.25, -0.2) is 0 Å². The maximum absolute atomic E-state index is 10.8. The number of ether oxygens (including phenoxy) is 1. The topological polar surface area (TPSA) is 72.6 Å². The zero-order chi connectivity index (χ0) is 8.82. The lowest BCUT2D eigenvalue weighted by molar-refractivity contribution is -0.141. The molecule has 3 N–H and O–H groups in total. The summed E-state index contributed by atoms with van der Waals surface area (Å²) in [6, 6.07) is 0. The number of aliphatic carboxylic acids is 1. The first-order valence-corrected chi connectivity index (χ1v) is 4.21. The van der Waals surface area contributed by atoms with Crippen LogP contribution in [-0.2, 0) is 9.53 Å². The van der Waals surface area contributed by atoms with E-state index in [0.29, 0.717) is 13.0 Å². The summed E-state index contributed by atoms with van der Waals surface area (Å²) in [6.07, 6.45) is 2.41. The molecule has 1 saturated heterocycles. The summed E-state index contributed by atoms with van der Waals surface area (Å²) in [5.74, 6) is -0.881. The van der Waals surface area contributed by atoms with Crippen molar-refractivity contribution in [3.63, 3.8) is 0 Å². The molecule has 2 rings (SSSR count). The van der Waals surface area contributed by atoms with Gasteiger partial charge < -0.3 is 15.6 Å². The zero-order valence-electron chi connectivity index (χ0n) is 6.88. The minimum Gasteiger partial charge on any atom is -0.480 e. The van der Waals surface area contributed by atoms with Crippen molar-refractivity contribution in [2.75, 3.05) is 13.2 Å². The van der Waals surface area contributed by atoms with Gasteiger partial charge in [0.25, 0.3) is 0 Å². The summed E-state index contributed by atoms with van der Waals surface area (Å²) in [4.78, 5) is 10.8. The monoisotopic (exact) mass is 171 g/mol. The van der Waals surface area contributed by atoms with Crippen molar-refractivity contribution >= 4 is 5.97 Å². The van der Waals surface area contributed by atoms with Gasteiger partial charge in [-0.3, -0.25) is 4.79 Å². The van der Waals surface area contributed by atoms with Crippen LogP contribution in [-0.4, -0.2) is 29.8 Å². The molecule has 1 heterocycles. The Labute approximate surface area is 70.7 Å². The van der Waals surface area contributed by atoms with Crippen LogP contribution in [0.15, 0.2) is 0 Å². The predicted molar refractivity (Wildman–Crippen MR) is 41.7 cm³/mol. The highest BCUT2D eigenvalue weighted by atomic mass is 16.5. The summed E-state index contributed by atoms with van der Waals surface area (Å²) >= 11 is 0. The molecular formula is C8H13NO3. The Hall–Kier alpha value is -0.610. The van der Waals surface area contributed by atoms with E-state index in [4.69, 9.17) is 15.6 Å². The average Bonchev–Trinajstić information content (AvgIpc) is 2.59. The highest BCUT2D eigenvalue weighted by Crippen LogP contribution is 2.59. The number of carbonyl (C=O) groups is 1. The molecule has 0 aromatic carbocycles. The summed E-state index contributed by atoms with van der Waals surface area (Å²) in [7, 11) is 0. The molecule has 0 bridgehead atoms. The second kappa shape index (κ2) is 2.20. The molecule has 1 aliphatic heterocycles. The number of carboxylic acids is 1. The van der Waals surface area contributed by atoms with Gasteiger partial charge in [-0.1, -0.05) is 0 Å². The molecule has 4 heteroatoms. The average molecular weight is 171 g/mol. The van der Waals surface area contributed by atoms with Gasteiger partial charge in [0.15, 0.2) is 0 Å². The minimum atomic E-state index is -0.993. The third-order valence-corrected chi connectivity index (χ3v) is 3.14. The van der Waals surface area contributed by atoms with E-state index >= 15 is 0 Å². The molecular weight excluding hydrogens is 158 g/mol. The van der Waals surface area contributed by atoms with Crippen molar-refractivity contribution in [2.45, 2.75) is 24.8 Å². The van der Waals surface area contributed by atoms with Crippen LogP contribution >= 0.6 is 0 Å². The van der Waals surface area contributed by atoms with Gasteiger partial charge in [-0.05, 0) is 19.3 Å². The summed E-state index contributed by atoms with van der Waals surface area (Å²) in [5, 5.41) is 8.85. The Morgan fingerprint density at radius 1 is 1.58 bits per heavy atom. The van der Waals surface area contributed by atoms with Crippen LogP contribution in [0, 0.1) is 5.41 Å². The van der Waals surface area contributed by atoms with Gasteiger partial charge >= 0.3 is 5.97 Å². The van der Waals surface area contributed by atoms with E-state index < -0.39 is 11.5 Å². The van der Waals surface area contributed by atoms with E-state index in [1.807, 2.05) is 0 Å². The molecule has 12 heavy (non-hydrogen) atoms. The molecule has 0 amide bonds. The minimum absolute atomic E-state index is 0.239. The second-order valence-electron chi connectivity index (χ2n) is 3.89. The smallest absolute Gasteiger partial charge is 0.324 e. The SMILES string of the molecule is N[C@]1(C(=O)O)C[C@]12CCCOC2. The van der Waals surface area contributed by atoms with Crippen molar-refractivity contribution in [1.82, 2.24) is 0 Å². The highest BCUT2D eigenvalue weighted by molar-refractivity contribution is 5.84. The van der Waals surface area contributed by atoms with Crippen LogP contribution in [0.4, 0.5) is 0 Å². The Morgan fingerprint density at radius 2 is 2.33 bits per heavy atom. The molecule has 0 aromatic rings. The van der Waals surface area contributed by atoms with E-state index in [2.05, 4.69) is 0 Å². The first-order chi connectivity index (χ1) is 5.61. The summed E-state index contributed by atoms with van der Waals surface area (Å²) in [5.41, 5.74) is 4.49. The third kappa shape index (κ3) is 0.820. The fraction of sp³-hybridized carbons (Fsp3) is 0.875. The molecule has 1 spiro atoms. The molecule has 68 valence electrons. The Kier molecular flexibility index (Phi) is 1.47. The van der Waals surface area contributed by atoms with Crippen LogP contribution < -0.4 is 5.73 Å². The van der Waals surface area contributed by atoms with Crippen LogP contribution in [0.25, 0.3) is 0 Å². The van der Waals surface area contributed by atoms with E-state index in [1.165, 1.54) is 0 Å². The molecule has 1 aliphatic carbocycles. The maximum Gasteiger partial charge on any atom is 0.324 e. The van der Waals surface area contributed by atoms with Crippen LogP contribution in [0.2, 0.25) is 0 Å². The Balaban J connectivity index is 2.12. The van der Waals surface area contributed by atoms with Crippen LogP contribution in [0.5, 0.6) is 0 Å². The van der Waals surface area contributed by atoms with Gasteiger partial charge in [-0.2, -0.15) is 0 Å². The van der Waals surface area contributed by atoms with E-state index in [0.717, 1.165) is 19.4 Å². The van der Waals surface area contributed by atoms with Gasteiger partial charge in [-0.15, -0.1) is 0 Å². The standard InChI is InChI=1S/C8H13NO3/c9-8(6(10)11)4-7(8)2-1-3-12-5-7/h1-5,9H2,(H,10,11)/t7-,8-/m0/s1. The number of nitrogens with two attached hydrogens (primary N) is 1. The number of hydrogen-bond acceptors (Lipinski definition) is 3. The zero-order valence-corrected chi connectivity index (χ0v) is 6.88. The molecule has 0 aromatic heterocycles. The quantitative estimate of drug-likeness (QED) is 0.581. The molecule has 0 unspecified atom stereocenters. The van der Waals surface area contributed by atoms with E-state index in [1.54, 1.807) is 0 Å². The second-order valence-corrected chi connectivity index (χ2v) is 3.89. The van der Waals surface area contributed by atoms with Gasteiger partial charge in [0.2, 0.25) is 0 Å². The fourth-order valence-electron chi connectivity index (χ4n) is 2.14. The third-order valence-electron chi connectivity index (χ3n) is 3.14. The lowest BCUT2D eigenvalue weighted by Gasteiger charge is -2.24. The molecule has 1 saturated carbocycles. The number of carboxylic acid groups (broad SMARTS) is 1. The van der Waals surface area contributed by atoms with Crippen molar-refractivity contribution < 1.29 is 14.6 Å². The first kappa shape index (κ1) is 8.01. The van der Waals surface area contributed by atoms with Gasteiger partial charge in [0.05, 0.1) is 6.61 Å². The highest BCUT2D eigenvalue weighted by Gasteiger charge is 2.70. The van der Waals surface area contributed by atoms with Crippen molar-refractivity contribution in [3.05, 3.63) is 0 Å². The summed E-state index contributed by atoms with van der Waals surface area (Å²) < 4.78 is 5.25. The molecule has 0 radical (unpaired) electrons. The maximum atomic E-state index is 10.8. The van der Waals surface area contributed by atoms with Crippen molar-refractivity contribution in [2.24, 2.45) is 11.1 Å². The van der Waals surface area contributed by atoms with Gasteiger partial charge in [0.1, 0.15) is 5.54 Å². The number of hydrogen-bond donors (Lipinski definition) is 2. The molecule has 2 fully saturated rings.